The molecule has 5 nitrogen and oxygen atoms in total. The van der Waals surface area contributed by atoms with Crippen LogP contribution < -0.4 is 4.90 Å². The van der Waals surface area contributed by atoms with Crippen molar-refractivity contribution in [1.82, 2.24) is 4.90 Å². The van der Waals surface area contributed by atoms with Crippen LogP contribution >= 0.6 is 0 Å². The number of anilines is 1. The molecule has 3 rings (SSSR count). The van der Waals surface area contributed by atoms with Crippen molar-refractivity contribution in [2.24, 2.45) is 5.92 Å². The highest BCUT2D eigenvalue weighted by molar-refractivity contribution is 5.94. The number of benzene rings is 1. The first-order chi connectivity index (χ1) is 10.8. The maximum Gasteiger partial charge on any atom is 0.253 e. The van der Waals surface area contributed by atoms with Gasteiger partial charge in [0.25, 0.3) is 5.91 Å². The largest absolute Gasteiger partial charge is 0.378 e. The number of likely N-dealkylation sites (tertiary alicyclic amines) is 1. The molecule has 0 unspecified atom stereocenters. The summed E-state index contributed by atoms with van der Waals surface area (Å²) in [6.07, 6.45) is 1.57. The Morgan fingerprint density at radius 2 is 1.73 bits per heavy atom. The number of nitriles is 1. The van der Waals surface area contributed by atoms with Gasteiger partial charge >= 0.3 is 0 Å². The minimum absolute atomic E-state index is 0.0740. The molecule has 0 saturated carbocycles. The molecule has 0 spiro atoms. The third kappa shape index (κ3) is 3.23. The number of morpholine rings is 1. The summed E-state index contributed by atoms with van der Waals surface area (Å²) in [5, 5.41) is 8.92. The van der Waals surface area contributed by atoms with Crippen LogP contribution in [0, 0.1) is 17.2 Å². The van der Waals surface area contributed by atoms with E-state index in [9.17, 15) is 4.79 Å². The van der Waals surface area contributed by atoms with Crippen molar-refractivity contribution in [3.63, 3.8) is 0 Å². The van der Waals surface area contributed by atoms with Crippen molar-refractivity contribution in [3.8, 4) is 6.07 Å². The van der Waals surface area contributed by atoms with Crippen molar-refractivity contribution in [1.29, 1.82) is 5.26 Å². The molecular weight excluding hydrogens is 278 g/mol. The fourth-order valence-electron chi connectivity index (χ4n) is 3.03. The Hall–Kier alpha value is -2.06. The molecular formula is C17H21N3O2. The minimum Gasteiger partial charge on any atom is -0.378 e. The van der Waals surface area contributed by atoms with Crippen LogP contribution in [0.4, 0.5) is 5.69 Å². The molecule has 1 aromatic rings. The molecule has 0 atom stereocenters. The fourth-order valence-corrected chi connectivity index (χ4v) is 3.03. The summed E-state index contributed by atoms with van der Waals surface area (Å²) in [4.78, 5) is 16.6. The topological polar surface area (TPSA) is 56.6 Å². The quantitative estimate of drug-likeness (QED) is 0.837. The van der Waals surface area contributed by atoms with Crippen molar-refractivity contribution in [3.05, 3.63) is 29.8 Å². The van der Waals surface area contributed by atoms with Crippen molar-refractivity contribution in [2.45, 2.75) is 12.8 Å². The van der Waals surface area contributed by atoms with Crippen LogP contribution in [0.1, 0.15) is 23.2 Å². The number of carbonyl (C=O) groups is 1. The molecule has 0 radical (unpaired) electrons. The summed E-state index contributed by atoms with van der Waals surface area (Å²) in [6.45, 7) is 4.68. The van der Waals surface area contributed by atoms with E-state index in [0.717, 1.165) is 50.4 Å². The zero-order valence-corrected chi connectivity index (χ0v) is 12.7. The number of hydrogen-bond donors (Lipinski definition) is 0. The lowest BCUT2D eigenvalue weighted by Gasteiger charge is -2.30. The van der Waals surface area contributed by atoms with Gasteiger partial charge in [-0.25, -0.2) is 0 Å². The summed E-state index contributed by atoms with van der Waals surface area (Å²) >= 11 is 0. The summed E-state index contributed by atoms with van der Waals surface area (Å²) < 4.78 is 5.36. The van der Waals surface area contributed by atoms with Crippen LogP contribution in [-0.4, -0.2) is 50.2 Å². The summed E-state index contributed by atoms with van der Waals surface area (Å²) in [5.41, 5.74) is 1.87. The van der Waals surface area contributed by atoms with Gasteiger partial charge in [-0.15, -0.1) is 0 Å². The Morgan fingerprint density at radius 1 is 1.09 bits per heavy atom. The molecule has 2 fully saturated rings. The number of rotatable bonds is 2. The van der Waals surface area contributed by atoms with E-state index >= 15 is 0 Å². The lowest BCUT2D eigenvalue weighted by molar-refractivity contribution is 0.0707. The SMILES string of the molecule is N#CC1CCN(C(=O)c2ccc(N3CCOCC3)cc2)CC1. The smallest absolute Gasteiger partial charge is 0.253 e. The Balaban J connectivity index is 1.62. The van der Waals surface area contributed by atoms with Gasteiger partial charge in [0.05, 0.1) is 19.3 Å². The molecule has 2 aliphatic heterocycles. The fraction of sp³-hybridized carbons (Fsp3) is 0.529. The van der Waals surface area contributed by atoms with E-state index in [1.807, 2.05) is 29.2 Å². The summed E-state index contributed by atoms with van der Waals surface area (Å²) in [6, 6.07) is 10.1. The third-order valence-electron chi connectivity index (χ3n) is 4.46. The zero-order chi connectivity index (χ0) is 15.4. The van der Waals surface area contributed by atoms with Gasteiger partial charge in [0.2, 0.25) is 0 Å². The van der Waals surface area contributed by atoms with Gasteiger partial charge in [-0.1, -0.05) is 0 Å². The first-order valence-corrected chi connectivity index (χ1v) is 7.89. The highest BCUT2D eigenvalue weighted by Gasteiger charge is 2.23. The molecule has 116 valence electrons. The molecule has 0 aliphatic carbocycles. The van der Waals surface area contributed by atoms with Crippen LogP contribution in [-0.2, 0) is 4.74 Å². The van der Waals surface area contributed by atoms with Crippen molar-refractivity contribution < 1.29 is 9.53 Å². The predicted octanol–water partition coefficient (Wildman–Crippen LogP) is 1.90. The normalized spacial score (nSPS) is 19.8. The second-order valence-electron chi connectivity index (χ2n) is 5.84. The molecule has 0 aromatic heterocycles. The molecule has 5 heteroatoms. The highest BCUT2D eigenvalue weighted by Crippen LogP contribution is 2.20. The molecule has 22 heavy (non-hydrogen) atoms. The summed E-state index contributed by atoms with van der Waals surface area (Å²) in [5.74, 6) is 0.178. The average molecular weight is 299 g/mol. The number of ether oxygens (including phenoxy) is 1. The number of hydrogen-bond acceptors (Lipinski definition) is 4. The van der Waals surface area contributed by atoms with Crippen molar-refractivity contribution in [2.75, 3.05) is 44.3 Å². The standard InChI is InChI=1S/C17H21N3O2/c18-13-14-5-7-20(8-6-14)17(21)15-1-3-16(4-2-15)19-9-11-22-12-10-19/h1-4,14H,5-12H2. The van der Waals surface area contributed by atoms with E-state index in [2.05, 4.69) is 11.0 Å². The van der Waals surface area contributed by atoms with Gasteiger partial charge in [-0.3, -0.25) is 4.79 Å². The van der Waals surface area contributed by atoms with E-state index in [4.69, 9.17) is 10.00 Å². The third-order valence-corrected chi connectivity index (χ3v) is 4.46. The monoisotopic (exact) mass is 299 g/mol. The molecule has 2 heterocycles. The number of nitrogens with zero attached hydrogens (tertiary/aromatic N) is 3. The van der Waals surface area contributed by atoms with Crippen LogP contribution in [0.3, 0.4) is 0 Å². The van der Waals surface area contributed by atoms with Gasteiger partial charge in [0.1, 0.15) is 0 Å². The number of piperidine rings is 1. The van der Waals surface area contributed by atoms with Gasteiger partial charge in [0.15, 0.2) is 0 Å². The van der Waals surface area contributed by atoms with E-state index in [1.54, 1.807) is 0 Å². The maximum absolute atomic E-state index is 12.5. The highest BCUT2D eigenvalue weighted by atomic mass is 16.5. The maximum atomic E-state index is 12.5. The molecule has 2 aliphatic rings. The Bertz CT molecular complexity index is 550. The average Bonchev–Trinajstić information content (AvgIpc) is 2.62. The van der Waals surface area contributed by atoms with Gasteiger partial charge in [-0.05, 0) is 37.1 Å². The van der Waals surface area contributed by atoms with E-state index in [1.165, 1.54) is 0 Å². The van der Waals surface area contributed by atoms with E-state index in [-0.39, 0.29) is 11.8 Å². The lowest BCUT2D eigenvalue weighted by atomic mass is 9.98. The predicted molar refractivity (Wildman–Crippen MR) is 83.7 cm³/mol. The van der Waals surface area contributed by atoms with Crippen LogP contribution in [0.25, 0.3) is 0 Å². The number of carbonyl (C=O) groups excluding carboxylic acids is 1. The second-order valence-corrected chi connectivity index (χ2v) is 5.84. The van der Waals surface area contributed by atoms with Crippen molar-refractivity contribution >= 4 is 11.6 Å². The minimum atomic E-state index is 0.0740. The Labute approximate surface area is 131 Å². The first-order valence-electron chi connectivity index (χ1n) is 7.89. The van der Waals surface area contributed by atoms with Crippen LogP contribution in [0.2, 0.25) is 0 Å². The second kappa shape index (κ2) is 6.80. The molecule has 1 amide bonds. The van der Waals surface area contributed by atoms with Gasteiger partial charge in [-0.2, -0.15) is 5.26 Å². The summed E-state index contributed by atoms with van der Waals surface area (Å²) in [7, 11) is 0. The Morgan fingerprint density at radius 3 is 2.32 bits per heavy atom. The van der Waals surface area contributed by atoms with Gasteiger partial charge in [0, 0.05) is 43.3 Å². The molecule has 2 saturated heterocycles. The molecule has 1 aromatic carbocycles. The van der Waals surface area contributed by atoms with E-state index in [0.29, 0.717) is 13.1 Å². The van der Waals surface area contributed by atoms with Crippen LogP contribution in [0.5, 0.6) is 0 Å². The Kier molecular flexibility index (Phi) is 4.59. The molecule has 0 N–H and O–H groups in total. The molecule has 0 bridgehead atoms. The number of amides is 1. The zero-order valence-electron chi connectivity index (χ0n) is 12.7. The van der Waals surface area contributed by atoms with Gasteiger partial charge < -0.3 is 14.5 Å². The van der Waals surface area contributed by atoms with Crippen LogP contribution in [0.15, 0.2) is 24.3 Å². The van der Waals surface area contributed by atoms with E-state index < -0.39 is 0 Å². The lowest BCUT2D eigenvalue weighted by Crippen LogP contribution is -2.38. The first kappa shape index (κ1) is 14.9.